The molecule has 0 saturated carbocycles. The van der Waals surface area contributed by atoms with E-state index in [9.17, 15) is 4.79 Å². The highest BCUT2D eigenvalue weighted by atomic mass is 16.5. The number of anilines is 1. The zero-order valence-electron chi connectivity index (χ0n) is 16.0. The molecule has 0 N–H and O–H groups in total. The molecular weight excluding hydrogens is 346 g/mol. The lowest BCUT2D eigenvalue weighted by atomic mass is 10.1. The van der Waals surface area contributed by atoms with Crippen LogP contribution in [0.3, 0.4) is 0 Å². The summed E-state index contributed by atoms with van der Waals surface area (Å²) in [5.41, 5.74) is 4.58. The Balaban J connectivity index is 1.75. The van der Waals surface area contributed by atoms with Crippen molar-refractivity contribution in [1.29, 1.82) is 0 Å². The van der Waals surface area contributed by atoms with Crippen LogP contribution in [0.25, 0.3) is 0 Å². The second-order valence-electron chi connectivity index (χ2n) is 6.64. The highest BCUT2D eigenvalue weighted by Crippen LogP contribution is 2.21. The molecule has 0 bridgehead atoms. The van der Waals surface area contributed by atoms with Gasteiger partial charge in [-0.15, -0.1) is 0 Å². The Hall–Kier alpha value is -3.33. The van der Waals surface area contributed by atoms with Gasteiger partial charge >= 0.3 is 5.97 Å². The van der Waals surface area contributed by atoms with Gasteiger partial charge in [-0.25, -0.2) is 0 Å². The largest absolute Gasteiger partial charge is 0.461 e. The van der Waals surface area contributed by atoms with E-state index in [2.05, 4.69) is 72.1 Å². The lowest BCUT2D eigenvalue weighted by Gasteiger charge is -2.25. The van der Waals surface area contributed by atoms with Crippen LogP contribution < -0.4 is 4.90 Å². The lowest BCUT2D eigenvalue weighted by Crippen LogP contribution is -2.22. The number of nitrogens with zero attached hydrogens (tertiary/aromatic N) is 1. The molecule has 0 unspecified atom stereocenters. The minimum atomic E-state index is -0.238. The Morgan fingerprint density at radius 3 is 1.82 bits per heavy atom. The summed E-state index contributed by atoms with van der Waals surface area (Å²) in [5.74, 6) is -0.238. The van der Waals surface area contributed by atoms with Crippen molar-refractivity contribution in [2.75, 3.05) is 11.5 Å². The molecule has 3 rings (SSSR count). The second-order valence-corrected chi connectivity index (χ2v) is 6.64. The molecule has 3 heteroatoms. The van der Waals surface area contributed by atoms with Gasteiger partial charge in [0.05, 0.1) is 6.42 Å². The lowest BCUT2D eigenvalue weighted by molar-refractivity contribution is -0.141. The molecule has 3 aromatic rings. The maximum absolute atomic E-state index is 11.8. The summed E-state index contributed by atoms with van der Waals surface area (Å²) in [7, 11) is 0. The zero-order chi connectivity index (χ0) is 19.6. The van der Waals surface area contributed by atoms with Crippen LogP contribution in [0, 0.1) is 0 Å². The number of carbonyl (C=O) groups is 1. The summed E-state index contributed by atoms with van der Waals surface area (Å²) < 4.78 is 5.06. The molecule has 142 valence electrons. The van der Waals surface area contributed by atoms with E-state index >= 15 is 0 Å². The Kier molecular flexibility index (Phi) is 7.02. The van der Waals surface area contributed by atoms with Crippen LogP contribution in [-0.2, 0) is 29.0 Å². The van der Waals surface area contributed by atoms with E-state index in [0.29, 0.717) is 0 Å². The van der Waals surface area contributed by atoms with Crippen LogP contribution >= 0.6 is 0 Å². The van der Waals surface area contributed by atoms with Crippen molar-refractivity contribution in [3.63, 3.8) is 0 Å². The molecule has 28 heavy (non-hydrogen) atoms. The van der Waals surface area contributed by atoms with Crippen molar-refractivity contribution in [1.82, 2.24) is 0 Å². The van der Waals surface area contributed by atoms with Crippen LogP contribution in [0.4, 0.5) is 5.69 Å². The molecule has 3 aromatic carbocycles. The zero-order valence-corrected chi connectivity index (χ0v) is 16.0. The third kappa shape index (κ3) is 5.85. The van der Waals surface area contributed by atoms with Gasteiger partial charge in [0.2, 0.25) is 0 Å². The fourth-order valence-corrected chi connectivity index (χ4v) is 3.04. The summed E-state index contributed by atoms with van der Waals surface area (Å²) in [4.78, 5) is 14.1. The highest BCUT2D eigenvalue weighted by Gasteiger charge is 2.10. The quantitative estimate of drug-likeness (QED) is 0.384. The average molecular weight is 371 g/mol. The first-order valence-electron chi connectivity index (χ1n) is 9.43. The topological polar surface area (TPSA) is 29.5 Å². The molecule has 0 saturated heterocycles. The summed E-state index contributed by atoms with van der Waals surface area (Å²) in [6, 6.07) is 29.0. The number of carbonyl (C=O) groups excluding carboxylic acids is 1. The van der Waals surface area contributed by atoms with Crippen molar-refractivity contribution in [3.05, 3.63) is 114 Å². The van der Waals surface area contributed by atoms with E-state index in [1.165, 1.54) is 11.1 Å². The predicted octanol–water partition coefficient (Wildman–Crippen LogP) is 5.17. The molecular formula is C25H25NO2. The van der Waals surface area contributed by atoms with Crippen LogP contribution in [0.15, 0.2) is 97.6 Å². The smallest absolute Gasteiger partial charge is 0.310 e. The van der Waals surface area contributed by atoms with Gasteiger partial charge in [-0.2, -0.15) is 0 Å². The van der Waals surface area contributed by atoms with Crippen LogP contribution in [-0.4, -0.2) is 12.6 Å². The van der Waals surface area contributed by atoms with E-state index in [4.69, 9.17) is 4.74 Å². The number of benzene rings is 3. The molecule has 0 fully saturated rings. The molecule has 0 heterocycles. The van der Waals surface area contributed by atoms with Gasteiger partial charge < -0.3 is 9.64 Å². The van der Waals surface area contributed by atoms with E-state index in [1.54, 1.807) is 6.08 Å². The van der Waals surface area contributed by atoms with Gasteiger partial charge in [0.15, 0.2) is 0 Å². The number of esters is 1. The Labute approximate surface area is 166 Å². The fourth-order valence-electron chi connectivity index (χ4n) is 3.04. The minimum absolute atomic E-state index is 0.238. The van der Waals surface area contributed by atoms with E-state index in [0.717, 1.165) is 24.3 Å². The van der Waals surface area contributed by atoms with Gasteiger partial charge in [-0.05, 0) is 28.8 Å². The van der Waals surface area contributed by atoms with Crippen molar-refractivity contribution < 1.29 is 9.53 Å². The maximum Gasteiger partial charge on any atom is 0.310 e. The molecule has 0 aliphatic rings. The molecule has 0 atom stereocenters. The summed E-state index contributed by atoms with van der Waals surface area (Å²) in [6.07, 6.45) is 1.84. The minimum Gasteiger partial charge on any atom is -0.461 e. The van der Waals surface area contributed by atoms with Gasteiger partial charge in [-0.1, -0.05) is 85.5 Å². The van der Waals surface area contributed by atoms with Crippen molar-refractivity contribution in [3.8, 4) is 0 Å². The molecule has 0 amide bonds. The predicted molar refractivity (Wildman–Crippen MR) is 114 cm³/mol. The maximum atomic E-state index is 11.8. The van der Waals surface area contributed by atoms with Crippen LogP contribution in [0.1, 0.15) is 16.7 Å². The number of ether oxygens (including phenoxy) is 1. The normalized spacial score (nSPS) is 10.3. The second kappa shape index (κ2) is 10.1. The molecule has 0 radical (unpaired) electrons. The third-order valence-corrected chi connectivity index (χ3v) is 4.44. The standard InChI is InChI=1S/C25H25NO2/c1-2-17-28-25(27)18-21-13-15-24(16-14-21)26(19-22-9-5-3-6-10-22)20-23-11-7-4-8-12-23/h2-16H,1,17-20H2. The number of rotatable bonds is 9. The SMILES string of the molecule is C=CCOC(=O)Cc1ccc(N(Cc2ccccc2)Cc2ccccc2)cc1. The number of hydrogen-bond donors (Lipinski definition) is 0. The van der Waals surface area contributed by atoms with Crippen molar-refractivity contribution >= 4 is 11.7 Å². The van der Waals surface area contributed by atoms with Gasteiger partial charge in [-0.3, -0.25) is 4.79 Å². The van der Waals surface area contributed by atoms with Gasteiger partial charge in [0, 0.05) is 18.8 Å². The fraction of sp³-hybridized carbons (Fsp3) is 0.160. The monoisotopic (exact) mass is 371 g/mol. The molecule has 0 spiro atoms. The van der Waals surface area contributed by atoms with Crippen LogP contribution in [0.5, 0.6) is 0 Å². The summed E-state index contributed by atoms with van der Waals surface area (Å²) in [5, 5.41) is 0. The molecule has 0 aliphatic heterocycles. The van der Waals surface area contributed by atoms with Crippen LogP contribution in [0.2, 0.25) is 0 Å². The van der Waals surface area contributed by atoms with Gasteiger partial charge in [0.25, 0.3) is 0 Å². The Bertz CT molecular complexity index is 832. The molecule has 0 aromatic heterocycles. The van der Waals surface area contributed by atoms with E-state index in [-0.39, 0.29) is 19.0 Å². The third-order valence-electron chi connectivity index (χ3n) is 4.44. The first-order chi connectivity index (χ1) is 13.7. The first kappa shape index (κ1) is 19.4. The molecule has 3 nitrogen and oxygen atoms in total. The first-order valence-corrected chi connectivity index (χ1v) is 9.43. The summed E-state index contributed by atoms with van der Waals surface area (Å²) in [6.45, 7) is 5.44. The van der Waals surface area contributed by atoms with Crippen molar-refractivity contribution in [2.24, 2.45) is 0 Å². The average Bonchev–Trinajstić information content (AvgIpc) is 2.74. The van der Waals surface area contributed by atoms with E-state index in [1.807, 2.05) is 24.3 Å². The molecule has 0 aliphatic carbocycles. The summed E-state index contributed by atoms with van der Waals surface area (Å²) >= 11 is 0. The van der Waals surface area contributed by atoms with Gasteiger partial charge in [0.1, 0.15) is 6.61 Å². The van der Waals surface area contributed by atoms with E-state index < -0.39 is 0 Å². The Morgan fingerprint density at radius 1 is 0.786 bits per heavy atom. The Morgan fingerprint density at radius 2 is 1.32 bits per heavy atom. The number of hydrogen-bond acceptors (Lipinski definition) is 3. The van der Waals surface area contributed by atoms with Crippen molar-refractivity contribution in [2.45, 2.75) is 19.5 Å². The highest BCUT2D eigenvalue weighted by molar-refractivity contribution is 5.72.